The van der Waals surface area contributed by atoms with Crippen molar-refractivity contribution in [2.45, 2.75) is 52.0 Å². The van der Waals surface area contributed by atoms with Gasteiger partial charge in [0.2, 0.25) is 11.8 Å². The molecule has 104 valence electrons. The van der Waals surface area contributed by atoms with Crippen molar-refractivity contribution in [1.29, 1.82) is 0 Å². The lowest BCUT2D eigenvalue weighted by atomic mass is 10.0. The quantitative estimate of drug-likeness (QED) is 0.737. The molecule has 1 fully saturated rings. The molecule has 1 aliphatic heterocycles. The van der Waals surface area contributed by atoms with Crippen LogP contribution in [-0.2, 0) is 19.1 Å². The highest BCUT2D eigenvalue weighted by molar-refractivity contribution is 5.73. The van der Waals surface area contributed by atoms with Crippen LogP contribution in [0.4, 0.5) is 0 Å². The summed E-state index contributed by atoms with van der Waals surface area (Å²) >= 11 is 0. The molecule has 2 amide bonds. The van der Waals surface area contributed by atoms with E-state index in [0.717, 1.165) is 12.8 Å². The number of hydrogen-bond acceptors (Lipinski definition) is 4. The maximum atomic E-state index is 11.1. The summed E-state index contributed by atoms with van der Waals surface area (Å²) in [6.07, 6.45) is 1.07. The molecular weight excluding hydrogens is 236 g/mol. The van der Waals surface area contributed by atoms with Crippen LogP contribution < -0.4 is 10.6 Å². The molecule has 0 aromatic heterocycles. The van der Waals surface area contributed by atoms with Crippen LogP contribution in [0.3, 0.4) is 0 Å². The molecule has 6 heteroatoms. The molecule has 2 N–H and O–H groups in total. The van der Waals surface area contributed by atoms with Crippen LogP contribution in [0.1, 0.15) is 33.6 Å². The van der Waals surface area contributed by atoms with Crippen molar-refractivity contribution in [3.8, 4) is 0 Å². The molecule has 3 atom stereocenters. The average molecular weight is 258 g/mol. The molecule has 0 saturated carbocycles. The topological polar surface area (TPSA) is 76.7 Å². The van der Waals surface area contributed by atoms with E-state index in [1.165, 1.54) is 13.8 Å². The van der Waals surface area contributed by atoms with Gasteiger partial charge in [0.25, 0.3) is 0 Å². The van der Waals surface area contributed by atoms with Gasteiger partial charge >= 0.3 is 0 Å². The number of carbonyl (C=O) groups excluding carboxylic acids is 2. The van der Waals surface area contributed by atoms with Crippen molar-refractivity contribution in [2.24, 2.45) is 0 Å². The zero-order valence-electron chi connectivity index (χ0n) is 11.2. The molecule has 1 saturated heterocycles. The first-order chi connectivity index (χ1) is 8.52. The first-order valence-corrected chi connectivity index (χ1v) is 6.31. The lowest BCUT2D eigenvalue weighted by molar-refractivity contribution is -0.204. The van der Waals surface area contributed by atoms with E-state index in [1.54, 1.807) is 0 Å². The summed E-state index contributed by atoms with van der Waals surface area (Å²) in [5.41, 5.74) is 0. The van der Waals surface area contributed by atoms with Crippen molar-refractivity contribution in [3.63, 3.8) is 0 Å². The predicted molar refractivity (Wildman–Crippen MR) is 65.8 cm³/mol. The Bertz CT molecular complexity index is 296. The van der Waals surface area contributed by atoms with Crippen LogP contribution in [0.5, 0.6) is 0 Å². The zero-order chi connectivity index (χ0) is 13.5. The Morgan fingerprint density at radius 2 is 2.00 bits per heavy atom. The molecule has 6 nitrogen and oxygen atoms in total. The smallest absolute Gasteiger partial charge is 0.217 e. The Morgan fingerprint density at radius 3 is 2.56 bits per heavy atom. The number of hydrogen-bond donors (Lipinski definition) is 2. The monoisotopic (exact) mass is 258 g/mol. The maximum Gasteiger partial charge on any atom is 0.217 e. The van der Waals surface area contributed by atoms with Crippen LogP contribution in [-0.4, -0.2) is 43.4 Å². The van der Waals surface area contributed by atoms with E-state index in [4.69, 9.17) is 9.47 Å². The third-order valence-electron chi connectivity index (χ3n) is 2.75. The van der Waals surface area contributed by atoms with E-state index in [-0.39, 0.29) is 24.0 Å². The van der Waals surface area contributed by atoms with E-state index in [1.807, 2.05) is 6.92 Å². The fraction of sp³-hybridized carbons (Fsp3) is 0.833. The van der Waals surface area contributed by atoms with Crippen molar-refractivity contribution in [3.05, 3.63) is 0 Å². The molecule has 1 rings (SSSR count). The second-order valence-corrected chi connectivity index (χ2v) is 4.40. The Labute approximate surface area is 107 Å². The maximum absolute atomic E-state index is 11.1. The molecule has 18 heavy (non-hydrogen) atoms. The van der Waals surface area contributed by atoms with E-state index < -0.39 is 6.29 Å². The highest BCUT2D eigenvalue weighted by Crippen LogP contribution is 2.20. The van der Waals surface area contributed by atoms with E-state index in [9.17, 15) is 9.59 Å². The molecular formula is C12H22N2O4. The van der Waals surface area contributed by atoms with Crippen LogP contribution in [0.15, 0.2) is 0 Å². The summed E-state index contributed by atoms with van der Waals surface area (Å²) in [6.45, 7) is 5.83. The molecule has 0 aromatic rings. The van der Waals surface area contributed by atoms with Crippen molar-refractivity contribution >= 4 is 11.8 Å². The summed E-state index contributed by atoms with van der Waals surface area (Å²) in [7, 11) is 0. The van der Waals surface area contributed by atoms with Crippen molar-refractivity contribution < 1.29 is 19.1 Å². The van der Waals surface area contributed by atoms with Crippen LogP contribution >= 0.6 is 0 Å². The largest absolute Gasteiger partial charge is 0.354 e. The summed E-state index contributed by atoms with van der Waals surface area (Å²) in [5.74, 6) is -0.163. The summed E-state index contributed by atoms with van der Waals surface area (Å²) in [4.78, 5) is 21.9. The highest BCUT2D eigenvalue weighted by Gasteiger charge is 2.32. The average Bonchev–Trinajstić information content (AvgIpc) is 2.29. The minimum atomic E-state index is -0.439. The van der Waals surface area contributed by atoms with Gasteiger partial charge in [0, 0.05) is 27.0 Å². The van der Waals surface area contributed by atoms with Crippen molar-refractivity contribution in [2.75, 3.05) is 13.2 Å². The zero-order valence-corrected chi connectivity index (χ0v) is 11.2. The molecule has 0 bridgehead atoms. The number of carbonyl (C=O) groups is 2. The fourth-order valence-corrected chi connectivity index (χ4v) is 1.98. The highest BCUT2D eigenvalue weighted by atomic mass is 16.7. The lowest BCUT2D eigenvalue weighted by Gasteiger charge is -2.36. The molecule has 1 heterocycles. The van der Waals surface area contributed by atoms with Gasteiger partial charge in [0.05, 0.1) is 12.1 Å². The van der Waals surface area contributed by atoms with Gasteiger partial charge in [0.15, 0.2) is 6.29 Å². The SMILES string of the molecule is CCO[C@H]1O[C@H](CNC(C)=O)CC[C@H]1NC(C)=O. The molecule has 0 aromatic carbocycles. The van der Waals surface area contributed by atoms with Crippen LogP contribution in [0.25, 0.3) is 0 Å². The van der Waals surface area contributed by atoms with E-state index in [0.29, 0.717) is 13.2 Å². The van der Waals surface area contributed by atoms with Gasteiger partial charge in [-0.25, -0.2) is 0 Å². The third kappa shape index (κ3) is 5.01. The Balaban J connectivity index is 2.47. The molecule has 0 radical (unpaired) electrons. The first-order valence-electron chi connectivity index (χ1n) is 6.31. The molecule has 0 aliphatic carbocycles. The van der Waals surface area contributed by atoms with E-state index in [2.05, 4.69) is 10.6 Å². The summed E-state index contributed by atoms with van der Waals surface area (Å²) in [6, 6.07) is -0.115. The Morgan fingerprint density at radius 1 is 1.28 bits per heavy atom. The minimum Gasteiger partial charge on any atom is -0.354 e. The molecule has 1 aliphatic rings. The number of amides is 2. The van der Waals surface area contributed by atoms with Gasteiger partial charge in [-0.15, -0.1) is 0 Å². The molecule has 0 spiro atoms. The van der Waals surface area contributed by atoms with Gasteiger partial charge in [-0.3, -0.25) is 9.59 Å². The number of rotatable bonds is 5. The van der Waals surface area contributed by atoms with Crippen LogP contribution in [0, 0.1) is 0 Å². The van der Waals surface area contributed by atoms with Gasteiger partial charge in [-0.2, -0.15) is 0 Å². The second kappa shape index (κ2) is 7.33. The molecule has 0 unspecified atom stereocenters. The van der Waals surface area contributed by atoms with Crippen molar-refractivity contribution in [1.82, 2.24) is 10.6 Å². The minimum absolute atomic E-state index is 0.0598. The van der Waals surface area contributed by atoms with Crippen LogP contribution in [0.2, 0.25) is 0 Å². The second-order valence-electron chi connectivity index (χ2n) is 4.40. The van der Waals surface area contributed by atoms with Gasteiger partial charge in [-0.1, -0.05) is 0 Å². The number of nitrogens with one attached hydrogen (secondary N) is 2. The third-order valence-corrected chi connectivity index (χ3v) is 2.75. The van der Waals surface area contributed by atoms with Gasteiger partial charge in [0.1, 0.15) is 0 Å². The lowest BCUT2D eigenvalue weighted by Crippen LogP contribution is -2.51. The van der Waals surface area contributed by atoms with E-state index >= 15 is 0 Å². The van der Waals surface area contributed by atoms with Gasteiger partial charge < -0.3 is 20.1 Å². The standard InChI is InChI=1S/C12H22N2O4/c1-4-17-12-11(14-9(3)16)6-5-10(18-12)7-13-8(2)15/h10-12H,4-7H2,1-3H3,(H,13,15)(H,14,16)/t10-,11+,12-/m0/s1. The fourth-order valence-electron chi connectivity index (χ4n) is 1.98. The number of ether oxygens (including phenoxy) is 2. The first kappa shape index (κ1) is 14.9. The predicted octanol–water partition coefficient (Wildman–Crippen LogP) is 0.169. The summed E-state index contributed by atoms with van der Waals surface area (Å²) < 4.78 is 11.2. The Hall–Kier alpha value is -1.14. The summed E-state index contributed by atoms with van der Waals surface area (Å²) in [5, 5.41) is 5.55. The Kier molecular flexibility index (Phi) is 6.07. The normalized spacial score (nSPS) is 27.6. The van der Waals surface area contributed by atoms with Gasteiger partial charge in [-0.05, 0) is 19.8 Å².